The number of piperidine rings is 1. The number of benzene rings is 1. The van der Waals surface area contributed by atoms with Gasteiger partial charge >= 0.3 is 10.2 Å². The summed E-state index contributed by atoms with van der Waals surface area (Å²) in [4.78, 5) is 2.34. The van der Waals surface area contributed by atoms with Gasteiger partial charge in [-0.2, -0.15) is 12.7 Å². The van der Waals surface area contributed by atoms with Crippen molar-refractivity contribution < 1.29 is 21.9 Å². The summed E-state index contributed by atoms with van der Waals surface area (Å²) >= 11 is 0. The second-order valence-corrected chi connectivity index (χ2v) is 10.8. The van der Waals surface area contributed by atoms with Gasteiger partial charge in [-0.1, -0.05) is 0 Å². The Morgan fingerprint density at radius 1 is 1.18 bits per heavy atom. The molecule has 0 amide bonds. The van der Waals surface area contributed by atoms with Crippen LogP contribution in [0.4, 0.5) is 5.69 Å². The number of sulfonamides is 1. The molecule has 0 saturated carbocycles. The Morgan fingerprint density at radius 3 is 2.46 bits per heavy atom. The fourth-order valence-corrected chi connectivity index (χ4v) is 4.73. The molecule has 0 spiro atoms. The van der Waals surface area contributed by atoms with Crippen LogP contribution < -0.4 is 9.44 Å². The molecule has 11 heteroatoms. The van der Waals surface area contributed by atoms with Crippen molar-refractivity contribution in [3.8, 4) is 0 Å². The maximum Gasteiger partial charge on any atom is 0.301 e. The van der Waals surface area contributed by atoms with Crippen LogP contribution in [-0.2, 0) is 20.2 Å². The first-order valence-corrected chi connectivity index (χ1v) is 12.2. The van der Waals surface area contributed by atoms with Crippen molar-refractivity contribution in [1.29, 1.82) is 0 Å². The van der Waals surface area contributed by atoms with Gasteiger partial charge in [-0.3, -0.25) is 4.72 Å². The maximum atomic E-state index is 12.4. The van der Waals surface area contributed by atoms with Gasteiger partial charge in [-0.25, -0.2) is 13.1 Å². The van der Waals surface area contributed by atoms with Crippen LogP contribution in [0.25, 0.3) is 0 Å². The second kappa shape index (κ2) is 9.99. The van der Waals surface area contributed by atoms with Crippen LogP contribution in [0.3, 0.4) is 0 Å². The zero-order valence-corrected chi connectivity index (χ0v) is 18.0. The zero-order valence-electron chi connectivity index (χ0n) is 16.3. The van der Waals surface area contributed by atoms with Gasteiger partial charge in [0.05, 0.1) is 4.90 Å². The lowest BCUT2D eigenvalue weighted by Gasteiger charge is -2.31. The van der Waals surface area contributed by atoms with Gasteiger partial charge in [0, 0.05) is 39.5 Å². The molecule has 9 nitrogen and oxygen atoms in total. The van der Waals surface area contributed by atoms with E-state index in [0.717, 1.165) is 36.8 Å². The highest BCUT2D eigenvalue weighted by atomic mass is 32.2. The molecule has 0 unspecified atom stereocenters. The third-order valence-corrected chi connectivity index (χ3v) is 7.63. The van der Waals surface area contributed by atoms with E-state index in [2.05, 4.69) is 14.3 Å². The van der Waals surface area contributed by atoms with E-state index in [9.17, 15) is 21.9 Å². The summed E-state index contributed by atoms with van der Waals surface area (Å²) in [7, 11) is -4.48. The molecule has 28 heavy (non-hydrogen) atoms. The van der Waals surface area contributed by atoms with Crippen LogP contribution >= 0.6 is 0 Å². The lowest BCUT2D eigenvalue weighted by atomic mass is 9.99. The van der Waals surface area contributed by atoms with Crippen molar-refractivity contribution in [2.24, 2.45) is 5.92 Å². The largest absolute Gasteiger partial charge is 0.396 e. The van der Waals surface area contributed by atoms with E-state index in [1.807, 2.05) is 0 Å². The summed E-state index contributed by atoms with van der Waals surface area (Å²) in [5, 5.41) is 9.26. The van der Waals surface area contributed by atoms with Gasteiger partial charge in [-0.05, 0) is 62.5 Å². The van der Waals surface area contributed by atoms with E-state index in [1.54, 1.807) is 0 Å². The Labute approximate surface area is 168 Å². The Hall–Kier alpha value is -1.24. The predicted molar refractivity (Wildman–Crippen MR) is 109 cm³/mol. The summed E-state index contributed by atoms with van der Waals surface area (Å²) in [6.07, 6.45) is 2.78. The van der Waals surface area contributed by atoms with E-state index in [4.69, 9.17) is 0 Å². The average molecular weight is 435 g/mol. The van der Waals surface area contributed by atoms with Crippen molar-refractivity contribution in [3.63, 3.8) is 0 Å². The molecule has 1 aromatic carbocycles. The molecule has 1 heterocycles. The summed E-state index contributed by atoms with van der Waals surface area (Å²) in [5.74, 6) is 0.314. The minimum atomic E-state index is -3.65. The molecule has 1 aromatic rings. The van der Waals surface area contributed by atoms with Crippen molar-refractivity contribution >= 4 is 25.9 Å². The molecule has 0 aromatic heterocycles. The predicted octanol–water partition coefficient (Wildman–Crippen LogP) is 0.278. The fourth-order valence-electron chi connectivity index (χ4n) is 3.04. The summed E-state index contributed by atoms with van der Waals surface area (Å²) in [6, 6.07) is 5.56. The normalized spacial score (nSPS) is 19.1. The second-order valence-electron chi connectivity index (χ2n) is 7.16. The van der Waals surface area contributed by atoms with Crippen molar-refractivity contribution in [2.75, 3.05) is 51.6 Å². The fraction of sp³-hybridized carbons (Fsp3) is 0.647. The number of hydrogen-bond acceptors (Lipinski definition) is 6. The van der Waals surface area contributed by atoms with E-state index in [-0.39, 0.29) is 17.2 Å². The molecular formula is C17H30N4O5S2. The zero-order chi connectivity index (χ0) is 20.8. The van der Waals surface area contributed by atoms with Gasteiger partial charge in [0.25, 0.3) is 0 Å². The molecule has 3 N–H and O–H groups in total. The lowest BCUT2D eigenvalue weighted by Crippen LogP contribution is -2.38. The number of nitrogens with one attached hydrogen (secondary N) is 2. The van der Waals surface area contributed by atoms with E-state index >= 15 is 0 Å². The van der Waals surface area contributed by atoms with Gasteiger partial charge in [0.2, 0.25) is 10.0 Å². The third kappa shape index (κ3) is 6.68. The number of rotatable bonds is 10. The molecule has 1 fully saturated rings. The monoisotopic (exact) mass is 434 g/mol. The van der Waals surface area contributed by atoms with E-state index in [1.165, 1.54) is 38.4 Å². The first-order chi connectivity index (χ1) is 13.1. The minimum absolute atomic E-state index is 0.0821. The van der Waals surface area contributed by atoms with Gasteiger partial charge < -0.3 is 10.0 Å². The van der Waals surface area contributed by atoms with Crippen LogP contribution in [0, 0.1) is 5.92 Å². The average Bonchev–Trinajstić information content (AvgIpc) is 2.65. The SMILES string of the molecule is CN(C)S(=O)(=O)Nc1ccc(S(=O)(=O)NCCCN2CCC[C@H](CO)C2)cc1. The highest BCUT2D eigenvalue weighted by Crippen LogP contribution is 2.17. The van der Waals surface area contributed by atoms with Crippen LogP contribution in [0.15, 0.2) is 29.2 Å². The summed E-state index contributed by atoms with van der Waals surface area (Å²) in [6.45, 7) is 3.13. The van der Waals surface area contributed by atoms with Crippen LogP contribution in [-0.4, -0.2) is 78.0 Å². The molecule has 1 aliphatic rings. The number of likely N-dealkylation sites (tertiary alicyclic amines) is 1. The summed E-state index contributed by atoms with van der Waals surface area (Å²) < 4.78 is 54.3. The first kappa shape index (κ1) is 23.0. The molecule has 0 radical (unpaired) electrons. The Balaban J connectivity index is 1.84. The van der Waals surface area contributed by atoms with Crippen molar-refractivity contribution in [2.45, 2.75) is 24.2 Å². The molecule has 2 rings (SSSR count). The van der Waals surface area contributed by atoms with E-state index < -0.39 is 20.2 Å². The lowest BCUT2D eigenvalue weighted by molar-refractivity contribution is 0.120. The Bertz CT molecular complexity index is 826. The third-order valence-electron chi connectivity index (χ3n) is 4.70. The van der Waals surface area contributed by atoms with Crippen LogP contribution in [0.2, 0.25) is 0 Å². The molecule has 1 saturated heterocycles. The Morgan fingerprint density at radius 2 is 1.86 bits per heavy atom. The molecule has 0 aliphatic carbocycles. The van der Waals surface area contributed by atoms with E-state index in [0.29, 0.717) is 18.9 Å². The number of hydrogen-bond donors (Lipinski definition) is 3. The standard InChI is InChI=1S/C17H30N4O5S2/c1-20(2)28(25,26)19-16-6-8-17(9-7-16)27(23,24)18-10-4-12-21-11-3-5-15(13-21)14-22/h6-9,15,18-19,22H,3-5,10-14H2,1-2H3/t15-/m0/s1. The van der Waals surface area contributed by atoms with Crippen LogP contribution in [0.5, 0.6) is 0 Å². The number of nitrogens with zero attached hydrogens (tertiary/aromatic N) is 2. The highest BCUT2D eigenvalue weighted by Gasteiger charge is 2.19. The van der Waals surface area contributed by atoms with Gasteiger partial charge in [-0.15, -0.1) is 0 Å². The molecule has 0 bridgehead atoms. The van der Waals surface area contributed by atoms with Crippen molar-refractivity contribution in [1.82, 2.24) is 13.9 Å². The van der Waals surface area contributed by atoms with Gasteiger partial charge in [0.15, 0.2) is 0 Å². The molecular weight excluding hydrogens is 404 g/mol. The maximum absolute atomic E-state index is 12.4. The Kier molecular flexibility index (Phi) is 8.22. The number of aliphatic hydroxyl groups excluding tert-OH is 1. The quantitative estimate of drug-likeness (QED) is 0.455. The molecule has 1 atom stereocenters. The number of anilines is 1. The first-order valence-electron chi connectivity index (χ1n) is 9.27. The van der Waals surface area contributed by atoms with Gasteiger partial charge in [0.1, 0.15) is 0 Å². The van der Waals surface area contributed by atoms with Crippen LogP contribution in [0.1, 0.15) is 19.3 Å². The molecule has 160 valence electrons. The van der Waals surface area contributed by atoms with Crippen molar-refractivity contribution in [3.05, 3.63) is 24.3 Å². The number of aliphatic hydroxyl groups is 1. The highest BCUT2D eigenvalue weighted by molar-refractivity contribution is 7.90. The smallest absolute Gasteiger partial charge is 0.301 e. The minimum Gasteiger partial charge on any atom is -0.396 e. The topological polar surface area (TPSA) is 119 Å². The summed E-state index contributed by atoms with van der Waals surface area (Å²) in [5.41, 5.74) is 0.288. The molecule has 1 aliphatic heterocycles.